The van der Waals surface area contributed by atoms with Gasteiger partial charge in [-0.1, -0.05) is 0 Å². The van der Waals surface area contributed by atoms with E-state index in [1.807, 2.05) is 0 Å². The molecule has 0 aliphatic rings. The Morgan fingerprint density at radius 3 is 2.35 bits per heavy atom. The number of hydrogen-bond acceptors (Lipinski definition) is 5. The van der Waals surface area contributed by atoms with Crippen LogP contribution in [-0.4, -0.2) is 30.2 Å². The number of methoxy groups -OCH3 is 2. The summed E-state index contributed by atoms with van der Waals surface area (Å²) in [5.74, 6) is -0.277. The molecule has 0 unspecified atom stereocenters. The van der Waals surface area contributed by atoms with Gasteiger partial charge in [-0.25, -0.2) is 4.79 Å². The van der Waals surface area contributed by atoms with Crippen LogP contribution in [0.15, 0.2) is 30.3 Å². The summed E-state index contributed by atoms with van der Waals surface area (Å²) in [5, 5.41) is 20.5. The van der Waals surface area contributed by atoms with Crippen LogP contribution in [0, 0.1) is 17.0 Å². The predicted octanol–water partition coefficient (Wildman–Crippen LogP) is 3.29. The summed E-state index contributed by atoms with van der Waals surface area (Å²) >= 11 is 0. The second-order valence-electron chi connectivity index (χ2n) is 4.76. The molecule has 0 amide bonds. The average molecular weight is 317 g/mol. The molecule has 0 bridgehead atoms. The molecular weight excluding hydrogens is 302 g/mol. The molecule has 2 rings (SSSR count). The lowest BCUT2D eigenvalue weighted by molar-refractivity contribution is -0.385. The quantitative estimate of drug-likeness (QED) is 0.671. The second kappa shape index (κ2) is 6.35. The van der Waals surface area contributed by atoms with Gasteiger partial charge in [0.1, 0.15) is 11.5 Å². The van der Waals surface area contributed by atoms with Crippen molar-refractivity contribution in [2.75, 3.05) is 14.2 Å². The first-order valence-corrected chi connectivity index (χ1v) is 6.64. The van der Waals surface area contributed by atoms with Crippen molar-refractivity contribution in [3.63, 3.8) is 0 Å². The molecule has 0 heterocycles. The van der Waals surface area contributed by atoms with Gasteiger partial charge in [0.25, 0.3) is 5.69 Å². The minimum absolute atomic E-state index is 0.0878. The van der Waals surface area contributed by atoms with Crippen LogP contribution in [0.25, 0.3) is 11.1 Å². The Balaban J connectivity index is 2.81. The molecule has 0 atom stereocenters. The van der Waals surface area contributed by atoms with Gasteiger partial charge in [0.2, 0.25) is 0 Å². The Bertz CT molecular complexity index is 784. The summed E-state index contributed by atoms with van der Waals surface area (Å²) in [5.41, 5.74) is 0.530. The summed E-state index contributed by atoms with van der Waals surface area (Å²) in [6.45, 7) is 1.41. The largest absolute Gasteiger partial charge is 0.497 e. The number of nitro groups is 1. The van der Waals surface area contributed by atoms with E-state index < -0.39 is 10.9 Å². The third kappa shape index (κ3) is 2.94. The summed E-state index contributed by atoms with van der Waals surface area (Å²) in [4.78, 5) is 22.1. The maximum absolute atomic E-state index is 11.7. The van der Waals surface area contributed by atoms with Gasteiger partial charge in [-0.3, -0.25) is 10.1 Å². The molecule has 23 heavy (non-hydrogen) atoms. The molecule has 2 aromatic carbocycles. The van der Waals surface area contributed by atoms with Gasteiger partial charge in [-0.05, 0) is 31.2 Å². The van der Waals surface area contributed by atoms with Crippen molar-refractivity contribution in [1.82, 2.24) is 0 Å². The van der Waals surface area contributed by atoms with Crippen LogP contribution in [0.3, 0.4) is 0 Å². The van der Waals surface area contributed by atoms with Crippen molar-refractivity contribution < 1.29 is 24.3 Å². The Kier molecular flexibility index (Phi) is 4.49. The van der Waals surface area contributed by atoms with E-state index in [2.05, 4.69) is 0 Å². The molecule has 0 radical (unpaired) electrons. The van der Waals surface area contributed by atoms with Gasteiger partial charge < -0.3 is 14.6 Å². The lowest BCUT2D eigenvalue weighted by Crippen LogP contribution is -2.06. The monoisotopic (exact) mass is 317 g/mol. The molecule has 120 valence electrons. The summed E-state index contributed by atoms with van der Waals surface area (Å²) in [6.07, 6.45) is 0. The van der Waals surface area contributed by atoms with Gasteiger partial charge in [-0.15, -0.1) is 0 Å². The fourth-order valence-electron chi connectivity index (χ4n) is 2.42. The lowest BCUT2D eigenvalue weighted by atomic mass is 9.94. The highest BCUT2D eigenvalue weighted by atomic mass is 16.6. The minimum Gasteiger partial charge on any atom is -0.497 e. The van der Waals surface area contributed by atoms with Crippen LogP contribution in [0.2, 0.25) is 0 Å². The molecule has 7 nitrogen and oxygen atoms in total. The zero-order valence-corrected chi connectivity index (χ0v) is 12.8. The van der Waals surface area contributed by atoms with Gasteiger partial charge in [0.15, 0.2) is 0 Å². The van der Waals surface area contributed by atoms with Crippen molar-refractivity contribution in [1.29, 1.82) is 0 Å². The molecule has 0 saturated heterocycles. The molecule has 0 spiro atoms. The number of carbonyl (C=O) groups is 1. The number of aromatic carboxylic acids is 1. The average Bonchev–Trinajstić information content (AvgIpc) is 2.53. The maximum Gasteiger partial charge on any atom is 0.336 e. The van der Waals surface area contributed by atoms with Gasteiger partial charge in [-0.2, -0.15) is 0 Å². The van der Waals surface area contributed by atoms with Crippen LogP contribution in [0.5, 0.6) is 11.5 Å². The molecule has 0 aliphatic heterocycles. The SMILES string of the molecule is COc1ccc(OC)c(-c2ccc([N+](=O)[O-])c(C)c2C(=O)O)c1. The maximum atomic E-state index is 11.7. The number of nitrogens with zero attached hydrogens (tertiary/aromatic N) is 1. The summed E-state index contributed by atoms with van der Waals surface area (Å²) in [6, 6.07) is 7.66. The normalized spacial score (nSPS) is 10.2. The molecule has 0 aliphatic carbocycles. The van der Waals surface area contributed by atoms with E-state index in [1.165, 1.54) is 33.3 Å². The third-order valence-corrected chi connectivity index (χ3v) is 3.54. The first kappa shape index (κ1) is 16.3. The van der Waals surface area contributed by atoms with Crippen LogP contribution in [-0.2, 0) is 0 Å². The van der Waals surface area contributed by atoms with E-state index >= 15 is 0 Å². The van der Waals surface area contributed by atoms with E-state index in [0.717, 1.165) is 0 Å². The summed E-state index contributed by atoms with van der Waals surface area (Å²) < 4.78 is 10.4. The molecule has 0 saturated carbocycles. The smallest absolute Gasteiger partial charge is 0.336 e. The van der Waals surface area contributed by atoms with Gasteiger partial charge in [0, 0.05) is 22.8 Å². The van der Waals surface area contributed by atoms with Crippen molar-refractivity contribution in [2.24, 2.45) is 0 Å². The van der Waals surface area contributed by atoms with Crippen molar-refractivity contribution in [2.45, 2.75) is 6.92 Å². The highest BCUT2D eigenvalue weighted by Crippen LogP contribution is 2.38. The Labute approximate surface area is 132 Å². The topological polar surface area (TPSA) is 98.9 Å². The predicted molar refractivity (Wildman–Crippen MR) is 83.3 cm³/mol. The highest BCUT2D eigenvalue weighted by molar-refractivity contribution is 5.99. The third-order valence-electron chi connectivity index (χ3n) is 3.54. The number of carboxylic acids is 1. The van der Waals surface area contributed by atoms with Crippen LogP contribution < -0.4 is 9.47 Å². The molecule has 0 fully saturated rings. The molecule has 7 heteroatoms. The first-order chi connectivity index (χ1) is 10.9. The number of hydrogen-bond donors (Lipinski definition) is 1. The highest BCUT2D eigenvalue weighted by Gasteiger charge is 2.24. The Hall–Kier alpha value is -3.09. The van der Waals surface area contributed by atoms with E-state index in [4.69, 9.17) is 9.47 Å². The van der Waals surface area contributed by atoms with E-state index in [9.17, 15) is 20.0 Å². The minimum atomic E-state index is -1.24. The van der Waals surface area contributed by atoms with Gasteiger partial charge >= 0.3 is 5.97 Å². The number of carboxylic acid groups (broad SMARTS) is 1. The van der Waals surface area contributed by atoms with E-state index in [-0.39, 0.29) is 16.8 Å². The number of ether oxygens (including phenoxy) is 2. The zero-order valence-electron chi connectivity index (χ0n) is 12.8. The molecular formula is C16H15NO6. The molecule has 0 aromatic heterocycles. The van der Waals surface area contributed by atoms with Crippen LogP contribution in [0.4, 0.5) is 5.69 Å². The van der Waals surface area contributed by atoms with E-state index in [0.29, 0.717) is 22.6 Å². The first-order valence-electron chi connectivity index (χ1n) is 6.64. The fourth-order valence-corrected chi connectivity index (χ4v) is 2.42. The second-order valence-corrected chi connectivity index (χ2v) is 4.76. The van der Waals surface area contributed by atoms with Crippen molar-refractivity contribution in [3.05, 3.63) is 51.6 Å². The summed E-state index contributed by atoms with van der Waals surface area (Å²) in [7, 11) is 2.95. The van der Waals surface area contributed by atoms with Crippen LogP contribution >= 0.6 is 0 Å². The van der Waals surface area contributed by atoms with Crippen molar-refractivity contribution in [3.8, 4) is 22.6 Å². The Morgan fingerprint density at radius 1 is 1.13 bits per heavy atom. The lowest BCUT2D eigenvalue weighted by Gasteiger charge is -2.14. The van der Waals surface area contributed by atoms with Gasteiger partial charge in [0.05, 0.1) is 24.7 Å². The zero-order chi connectivity index (χ0) is 17.1. The van der Waals surface area contributed by atoms with E-state index in [1.54, 1.807) is 18.2 Å². The number of rotatable bonds is 5. The Morgan fingerprint density at radius 2 is 1.83 bits per heavy atom. The number of benzene rings is 2. The molecule has 2 aromatic rings. The standard InChI is InChI=1S/C16H15NO6/c1-9-13(17(20)21)6-5-11(15(9)16(18)19)12-8-10(22-2)4-7-14(12)23-3/h4-8H,1-3H3,(H,18,19). The fraction of sp³-hybridized carbons (Fsp3) is 0.188. The van der Waals surface area contributed by atoms with Crippen LogP contribution in [0.1, 0.15) is 15.9 Å². The van der Waals surface area contributed by atoms with Crippen molar-refractivity contribution >= 4 is 11.7 Å². The number of nitro benzene ring substituents is 1. The molecule has 1 N–H and O–H groups in total.